The number of carbonyl (C=O) groups is 2. The first-order valence-electron chi connectivity index (χ1n) is 6.95. The Balaban J connectivity index is 0.00000242. The Bertz CT molecular complexity index is 578. The van der Waals surface area contributed by atoms with Crippen LogP contribution in [0.3, 0.4) is 0 Å². The molecule has 7 heteroatoms. The van der Waals surface area contributed by atoms with Crippen LogP contribution in [0, 0.1) is 11.7 Å². The predicted molar refractivity (Wildman–Crippen MR) is 85.6 cm³/mol. The molecule has 122 valence electrons. The first-order chi connectivity index (χ1) is 9.85. The quantitative estimate of drug-likeness (QED) is 0.773. The Hall–Kier alpha value is -1.66. The van der Waals surface area contributed by atoms with E-state index in [0.29, 0.717) is 18.0 Å². The molecule has 0 bridgehead atoms. The highest BCUT2D eigenvalue weighted by molar-refractivity contribution is 5.97. The van der Waals surface area contributed by atoms with Gasteiger partial charge in [-0.05, 0) is 43.9 Å². The molecule has 1 aliphatic carbocycles. The van der Waals surface area contributed by atoms with E-state index in [0.717, 1.165) is 18.9 Å². The Morgan fingerprint density at radius 1 is 1.41 bits per heavy atom. The van der Waals surface area contributed by atoms with Crippen molar-refractivity contribution in [1.82, 2.24) is 5.32 Å². The SMILES string of the molecule is CC(=O)Nc1cc(C(=O)NC(C)(CN)C2CC2)ccc1F.Cl. The molecular weight excluding hydrogens is 309 g/mol. The maximum absolute atomic E-state index is 13.6. The molecule has 1 aliphatic rings. The Kier molecular flexibility index (Phi) is 5.91. The molecule has 0 heterocycles. The van der Waals surface area contributed by atoms with Crippen molar-refractivity contribution in [3.8, 4) is 0 Å². The third-order valence-electron chi connectivity index (χ3n) is 3.84. The van der Waals surface area contributed by atoms with E-state index in [9.17, 15) is 14.0 Å². The molecule has 0 spiro atoms. The third kappa shape index (κ3) is 4.18. The summed E-state index contributed by atoms with van der Waals surface area (Å²) >= 11 is 0. The van der Waals surface area contributed by atoms with Crippen molar-refractivity contribution in [3.05, 3.63) is 29.6 Å². The van der Waals surface area contributed by atoms with Gasteiger partial charge < -0.3 is 16.4 Å². The largest absolute Gasteiger partial charge is 0.345 e. The lowest BCUT2D eigenvalue weighted by Crippen LogP contribution is -2.53. The smallest absolute Gasteiger partial charge is 0.251 e. The second kappa shape index (κ2) is 7.07. The Morgan fingerprint density at radius 2 is 2.05 bits per heavy atom. The summed E-state index contributed by atoms with van der Waals surface area (Å²) in [4.78, 5) is 23.3. The normalized spacial score (nSPS) is 16.2. The molecule has 5 nitrogen and oxygen atoms in total. The minimum atomic E-state index is -0.578. The summed E-state index contributed by atoms with van der Waals surface area (Å²) < 4.78 is 13.6. The van der Waals surface area contributed by atoms with Gasteiger partial charge in [0.05, 0.1) is 11.2 Å². The summed E-state index contributed by atoms with van der Waals surface area (Å²) in [7, 11) is 0. The van der Waals surface area contributed by atoms with Crippen LogP contribution in [0.15, 0.2) is 18.2 Å². The second-order valence-corrected chi connectivity index (χ2v) is 5.73. The number of rotatable bonds is 5. The maximum Gasteiger partial charge on any atom is 0.251 e. The summed E-state index contributed by atoms with van der Waals surface area (Å²) in [5.74, 6) is -0.898. The van der Waals surface area contributed by atoms with Crippen molar-refractivity contribution in [2.45, 2.75) is 32.2 Å². The predicted octanol–water partition coefficient (Wildman–Crippen LogP) is 2.06. The van der Waals surface area contributed by atoms with E-state index >= 15 is 0 Å². The molecule has 2 rings (SSSR count). The number of amides is 2. The van der Waals surface area contributed by atoms with Crippen molar-refractivity contribution in [2.75, 3.05) is 11.9 Å². The lowest BCUT2D eigenvalue weighted by atomic mass is 9.95. The topological polar surface area (TPSA) is 84.2 Å². The van der Waals surface area contributed by atoms with E-state index in [4.69, 9.17) is 5.73 Å². The minimum Gasteiger partial charge on any atom is -0.345 e. The molecule has 22 heavy (non-hydrogen) atoms. The summed E-state index contributed by atoms with van der Waals surface area (Å²) in [5, 5.41) is 5.28. The van der Waals surface area contributed by atoms with Gasteiger partial charge in [0.15, 0.2) is 0 Å². The molecule has 1 aromatic carbocycles. The lowest BCUT2D eigenvalue weighted by Gasteiger charge is -2.29. The number of hydrogen-bond donors (Lipinski definition) is 3. The summed E-state index contributed by atoms with van der Waals surface area (Å²) in [5.41, 5.74) is 5.61. The fourth-order valence-corrected chi connectivity index (χ4v) is 2.32. The van der Waals surface area contributed by atoms with Gasteiger partial charge >= 0.3 is 0 Å². The maximum atomic E-state index is 13.6. The van der Waals surface area contributed by atoms with Gasteiger partial charge in [-0.2, -0.15) is 0 Å². The zero-order valence-corrected chi connectivity index (χ0v) is 13.4. The molecule has 0 radical (unpaired) electrons. The van der Waals surface area contributed by atoms with Gasteiger partial charge in [-0.3, -0.25) is 9.59 Å². The van der Waals surface area contributed by atoms with E-state index in [2.05, 4.69) is 10.6 Å². The van der Waals surface area contributed by atoms with Crippen LogP contribution in [0.25, 0.3) is 0 Å². The van der Waals surface area contributed by atoms with Crippen molar-refractivity contribution in [2.24, 2.45) is 11.7 Å². The molecule has 2 amide bonds. The Morgan fingerprint density at radius 3 is 2.55 bits per heavy atom. The number of benzene rings is 1. The van der Waals surface area contributed by atoms with E-state index in [-0.39, 0.29) is 24.0 Å². The number of hydrogen-bond acceptors (Lipinski definition) is 3. The van der Waals surface area contributed by atoms with Crippen molar-refractivity contribution >= 4 is 29.9 Å². The molecule has 0 saturated heterocycles. The summed E-state index contributed by atoms with van der Waals surface area (Å²) in [6.07, 6.45) is 2.10. The monoisotopic (exact) mass is 329 g/mol. The van der Waals surface area contributed by atoms with Crippen LogP contribution in [0.2, 0.25) is 0 Å². The van der Waals surface area contributed by atoms with Gasteiger partial charge in [-0.15, -0.1) is 12.4 Å². The molecule has 0 aliphatic heterocycles. The van der Waals surface area contributed by atoms with Crippen molar-refractivity contribution < 1.29 is 14.0 Å². The number of nitrogens with two attached hydrogens (primary N) is 1. The van der Waals surface area contributed by atoms with Crippen LogP contribution >= 0.6 is 12.4 Å². The van der Waals surface area contributed by atoms with Crippen molar-refractivity contribution in [3.63, 3.8) is 0 Å². The Labute approximate surface area is 135 Å². The highest BCUT2D eigenvalue weighted by Crippen LogP contribution is 2.39. The zero-order valence-electron chi connectivity index (χ0n) is 12.6. The summed E-state index contributed by atoms with van der Waals surface area (Å²) in [6, 6.07) is 3.88. The fraction of sp³-hybridized carbons (Fsp3) is 0.467. The number of anilines is 1. The molecule has 1 saturated carbocycles. The van der Waals surface area contributed by atoms with Crippen LogP contribution < -0.4 is 16.4 Å². The minimum absolute atomic E-state index is 0. The molecule has 1 aromatic rings. The van der Waals surface area contributed by atoms with Gasteiger partial charge in [0.1, 0.15) is 5.82 Å². The molecular formula is C15H21ClFN3O2. The summed E-state index contributed by atoms with van der Waals surface area (Å²) in [6.45, 7) is 3.55. The average Bonchev–Trinajstić information content (AvgIpc) is 3.25. The lowest BCUT2D eigenvalue weighted by molar-refractivity contribution is -0.114. The van der Waals surface area contributed by atoms with Crippen LogP contribution in [0.4, 0.5) is 10.1 Å². The third-order valence-corrected chi connectivity index (χ3v) is 3.84. The first-order valence-corrected chi connectivity index (χ1v) is 6.95. The second-order valence-electron chi connectivity index (χ2n) is 5.73. The van der Waals surface area contributed by atoms with Gasteiger partial charge in [0.25, 0.3) is 5.91 Å². The van der Waals surface area contributed by atoms with Gasteiger partial charge in [0, 0.05) is 19.0 Å². The highest BCUT2D eigenvalue weighted by atomic mass is 35.5. The highest BCUT2D eigenvalue weighted by Gasteiger charge is 2.41. The average molecular weight is 330 g/mol. The number of carbonyl (C=O) groups excluding carboxylic acids is 2. The molecule has 4 N–H and O–H groups in total. The standard InChI is InChI=1S/C15H20FN3O2.ClH/c1-9(20)18-13-7-10(3-6-12(13)16)14(21)19-15(2,8-17)11-4-5-11;/h3,6-7,11H,4-5,8,17H2,1-2H3,(H,18,20)(H,19,21);1H. The number of halogens is 2. The number of nitrogens with one attached hydrogen (secondary N) is 2. The van der Waals surface area contributed by atoms with Crippen LogP contribution in [-0.4, -0.2) is 23.9 Å². The van der Waals surface area contributed by atoms with Gasteiger partial charge in [-0.25, -0.2) is 4.39 Å². The van der Waals surface area contributed by atoms with Gasteiger partial charge in [0.2, 0.25) is 5.91 Å². The van der Waals surface area contributed by atoms with E-state index in [1.54, 1.807) is 0 Å². The zero-order chi connectivity index (χ0) is 15.6. The van der Waals surface area contributed by atoms with Crippen LogP contribution in [0.5, 0.6) is 0 Å². The molecule has 0 aromatic heterocycles. The molecule has 1 unspecified atom stereocenters. The van der Waals surface area contributed by atoms with E-state index in [1.165, 1.54) is 19.1 Å². The van der Waals surface area contributed by atoms with E-state index < -0.39 is 17.3 Å². The van der Waals surface area contributed by atoms with Crippen LogP contribution in [0.1, 0.15) is 37.0 Å². The van der Waals surface area contributed by atoms with Crippen LogP contribution in [-0.2, 0) is 4.79 Å². The molecule has 1 fully saturated rings. The fourth-order valence-electron chi connectivity index (χ4n) is 2.32. The van der Waals surface area contributed by atoms with Crippen molar-refractivity contribution in [1.29, 1.82) is 0 Å². The van der Waals surface area contributed by atoms with Gasteiger partial charge in [-0.1, -0.05) is 0 Å². The first kappa shape index (κ1) is 18.4. The molecule has 1 atom stereocenters. The van der Waals surface area contributed by atoms with E-state index in [1.807, 2.05) is 6.92 Å².